The van der Waals surface area contributed by atoms with Gasteiger partial charge >= 0.3 is 12.4 Å². The van der Waals surface area contributed by atoms with Crippen molar-refractivity contribution in [2.24, 2.45) is 0 Å². The lowest BCUT2D eigenvalue weighted by Gasteiger charge is -2.40. The van der Waals surface area contributed by atoms with Crippen molar-refractivity contribution in [1.82, 2.24) is 0 Å². The molecule has 6 rings (SSSR count). The van der Waals surface area contributed by atoms with Gasteiger partial charge in [0.2, 0.25) is 0 Å². The second-order valence-corrected chi connectivity index (χ2v) is 8.29. The van der Waals surface area contributed by atoms with Crippen LogP contribution < -0.4 is 0 Å². The van der Waals surface area contributed by atoms with E-state index in [1.165, 1.54) is 72.8 Å². The van der Waals surface area contributed by atoms with Crippen LogP contribution in [0, 0.1) is 0 Å². The molecule has 0 aromatic heterocycles. The first-order valence-electron chi connectivity index (χ1n) is 9.57. The van der Waals surface area contributed by atoms with Crippen molar-refractivity contribution in [1.29, 1.82) is 0 Å². The molecule has 0 aliphatic heterocycles. The summed E-state index contributed by atoms with van der Waals surface area (Å²) in [5, 5.41) is 0. The van der Waals surface area contributed by atoms with Crippen molar-refractivity contribution in [3.05, 3.63) is 107 Å². The van der Waals surface area contributed by atoms with Gasteiger partial charge in [-0.1, -0.05) is 78.9 Å². The summed E-state index contributed by atoms with van der Waals surface area (Å²) in [6, 6.07) is 18.5. The zero-order chi connectivity index (χ0) is 21.2. The summed E-state index contributed by atoms with van der Waals surface area (Å²) in [7, 11) is 0. The Bertz CT molecular complexity index is 1190. The molecule has 3 aliphatic carbocycles. The van der Waals surface area contributed by atoms with E-state index in [1.807, 2.05) is 0 Å². The molecule has 0 unspecified atom stereocenters. The Morgan fingerprint density at radius 2 is 1.10 bits per heavy atom. The van der Waals surface area contributed by atoms with Crippen LogP contribution in [0.15, 0.2) is 78.9 Å². The Morgan fingerprint density at radius 1 is 0.567 bits per heavy atom. The maximum atomic E-state index is 15.2. The molecule has 0 N–H and O–H groups in total. The summed E-state index contributed by atoms with van der Waals surface area (Å²) in [6.45, 7) is 0. The number of benzene rings is 3. The van der Waals surface area contributed by atoms with Crippen LogP contribution in [0.25, 0.3) is 0 Å². The van der Waals surface area contributed by atoms with E-state index >= 15 is 13.2 Å². The number of alkyl halides is 6. The second kappa shape index (κ2) is 4.93. The molecule has 3 aliphatic rings. The number of hydrogen-bond donors (Lipinski definition) is 0. The van der Waals surface area contributed by atoms with Crippen LogP contribution in [0.4, 0.5) is 26.3 Å². The van der Waals surface area contributed by atoms with Crippen molar-refractivity contribution in [2.75, 3.05) is 0 Å². The van der Waals surface area contributed by atoms with Crippen molar-refractivity contribution in [2.45, 2.75) is 34.5 Å². The maximum absolute atomic E-state index is 15.2. The monoisotopic (exact) mass is 416 g/mol. The standard InChI is InChI=1S/C24H14F6/c25-23(26,27)21-16-11-5-4-10-15(16)19-20(21,14-8-2-1-3-9-14)22(19,24(28,29)30)18-13-7-6-12-17(18)21/h1-13,19H/t19-,20-,21+,22+/m0/s1. The SMILES string of the molecule is FC(F)(F)[C@@]12c3ccccc3[C@H]3[C@]1(c1ccccc1)[C@@]3(C(F)(F)F)c1ccccc12. The molecular weight excluding hydrogens is 402 g/mol. The van der Waals surface area contributed by atoms with E-state index in [-0.39, 0.29) is 27.8 Å². The molecule has 30 heavy (non-hydrogen) atoms. The van der Waals surface area contributed by atoms with Gasteiger partial charge in [-0.3, -0.25) is 0 Å². The number of hydrogen-bond acceptors (Lipinski definition) is 0. The fraction of sp³-hybridized carbons (Fsp3) is 0.250. The predicted octanol–water partition coefficient (Wildman–Crippen LogP) is 6.40. The molecule has 0 saturated heterocycles. The summed E-state index contributed by atoms with van der Waals surface area (Å²) in [5.41, 5.74) is -7.91. The van der Waals surface area contributed by atoms with Gasteiger partial charge in [0.1, 0.15) is 10.8 Å². The van der Waals surface area contributed by atoms with E-state index in [9.17, 15) is 13.2 Å². The van der Waals surface area contributed by atoms with Crippen LogP contribution in [0.5, 0.6) is 0 Å². The van der Waals surface area contributed by atoms with Gasteiger partial charge in [-0.05, 0) is 27.8 Å². The first-order chi connectivity index (χ1) is 14.2. The minimum Gasteiger partial charge on any atom is -0.170 e. The van der Waals surface area contributed by atoms with Gasteiger partial charge in [0.25, 0.3) is 0 Å². The van der Waals surface area contributed by atoms with E-state index < -0.39 is 34.5 Å². The lowest BCUT2D eigenvalue weighted by atomic mass is 9.64. The fourth-order valence-corrected chi connectivity index (χ4v) is 7.02. The van der Waals surface area contributed by atoms with Gasteiger partial charge in [0.05, 0.1) is 0 Å². The highest BCUT2D eigenvalue weighted by atomic mass is 19.4. The summed E-state index contributed by atoms with van der Waals surface area (Å²) >= 11 is 0. The molecular formula is C24H14F6. The van der Waals surface area contributed by atoms with E-state index in [0.717, 1.165) is 0 Å². The van der Waals surface area contributed by atoms with Crippen molar-refractivity contribution in [3.8, 4) is 0 Å². The molecule has 0 amide bonds. The normalized spacial score (nSPS) is 33.1. The summed E-state index contributed by atoms with van der Waals surface area (Å²) in [4.78, 5) is 0. The summed E-state index contributed by atoms with van der Waals surface area (Å²) < 4.78 is 90.4. The van der Waals surface area contributed by atoms with Gasteiger partial charge in [-0.15, -0.1) is 0 Å². The fourth-order valence-electron chi connectivity index (χ4n) is 7.02. The van der Waals surface area contributed by atoms with Gasteiger partial charge < -0.3 is 0 Å². The van der Waals surface area contributed by atoms with Crippen LogP contribution in [0.1, 0.15) is 33.7 Å². The second-order valence-electron chi connectivity index (χ2n) is 8.29. The molecule has 3 aromatic carbocycles. The molecule has 4 atom stereocenters. The third-order valence-corrected chi connectivity index (χ3v) is 7.53. The van der Waals surface area contributed by atoms with Crippen LogP contribution in [0.3, 0.4) is 0 Å². The third-order valence-electron chi connectivity index (χ3n) is 7.53. The number of rotatable bonds is 1. The van der Waals surface area contributed by atoms with Gasteiger partial charge in [0.15, 0.2) is 0 Å². The Kier molecular flexibility index (Phi) is 2.96. The van der Waals surface area contributed by atoms with Gasteiger partial charge in [0, 0.05) is 11.3 Å². The van der Waals surface area contributed by atoms with Crippen LogP contribution >= 0.6 is 0 Å². The Labute approximate surface area is 168 Å². The lowest BCUT2D eigenvalue weighted by Crippen LogP contribution is -2.52. The van der Waals surface area contributed by atoms with Gasteiger partial charge in [-0.2, -0.15) is 26.3 Å². The van der Waals surface area contributed by atoms with Gasteiger partial charge in [-0.25, -0.2) is 0 Å². The average Bonchev–Trinajstić information content (AvgIpc) is 3.19. The zero-order valence-electron chi connectivity index (χ0n) is 15.4. The average molecular weight is 416 g/mol. The van der Waals surface area contributed by atoms with Crippen LogP contribution in [-0.4, -0.2) is 12.4 Å². The minimum atomic E-state index is -4.92. The molecule has 0 bridgehead atoms. The van der Waals surface area contributed by atoms with Crippen molar-refractivity contribution >= 4 is 0 Å². The molecule has 0 nitrogen and oxygen atoms in total. The lowest BCUT2D eigenvalue weighted by molar-refractivity contribution is -0.200. The topological polar surface area (TPSA) is 0 Å². The van der Waals surface area contributed by atoms with E-state index in [4.69, 9.17) is 0 Å². The van der Waals surface area contributed by atoms with E-state index in [0.29, 0.717) is 0 Å². The largest absolute Gasteiger partial charge is 0.403 e. The molecule has 6 heteroatoms. The van der Waals surface area contributed by atoms with Crippen molar-refractivity contribution < 1.29 is 26.3 Å². The highest BCUT2D eigenvalue weighted by Gasteiger charge is 3.03. The Hall–Kier alpha value is -2.76. The smallest absolute Gasteiger partial charge is 0.170 e. The first-order valence-corrected chi connectivity index (χ1v) is 9.57. The third kappa shape index (κ3) is 1.45. The molecule has 1 fully saturated rings. The molecule has 1 saturated carbocycles. The highest BCUT2D eigenvalue weighted by molar-refractivity contribution is 5.83. The summed E-state index contributed by atoms with van der Waals surface area (Å²) in [5.74, 6) is -1.32. The van der Waals surface area contributed by atoms with E-state index in [1.54, 1.807) is 6.07 Å². The predicted molar refractivity (Wildman–Crippen MR) is 98.3 cm³/mol. The molecule has 0 heterocycles. The molecule has 0 spiro atoms. The highest BCUT2D eigenvalue weighted by Crippen LogP contribution is 2.95. The Balaban J connectivity index is 1.89. The number of halogens is 6. The number of fused-ring (bicyclic) bond motifs is 7. The summed E-state index contributed by atoms with van der Waals surface area (Å²) in [6.07, 6.45) is -9.78. The molecule has 3 aromatic rings. The minimum absolute atomic E-state index is 0.0591. The zero-order valence-corrected chi connectivity index (χ0v) is 15.4. The maximum Gasteiger partial charge on any atom is 0.403 e. The van der Waals surface area contributed by atoms with Crippen molar-refractivity contribution in [3.63, 3.8) is 0 Å². The quantitative estimate of drug-likeness (QED) is 0.403. The first kappa shape index (κ1) is 18.0. The molecule has 0 radical (unpaired) electrons. The van der Waals surface area contributed by atoms with Crippen LogP contribution in [-0.2, 0) is 16.2 Å². The Morgan fingerprint density at radius 3 is 1.70 bits per heavy atom. The molecule has 152 valence electrons. The van der Waals surface area contributed by atoms with E-state index in [2.05, 4.69) is 0 Å². The van der Waals surface area contributed by atoms with Crippen LogP contribution in [0.2, 0.25) is 0 Å².